The smallest absolute Gasteiger partial charge is 0.256 e. The van der Waals surface area contributed by atoms with Crippen LogP contribution in [0.25, 0.3) is 0 Å². The molecule has 3 rings (SSSR count). The predicted molar refractivity (Wildman–Crippen MR) is 79.9 cm³/mol. The Morgan fingerprint density at radius 3 is 3.00 bits per heavy atom. The molecule has 0 aliphatic carbocycles. The summed E-state index contributed by atoms with van der Waals surface area (Å²) in [5.41, 5.74) is 8.01. The van der Waals surface area contributed by atoms with Gasteiger partial charge in [-0.15, -0.1) is 12.4 Å². The summed E-state index contributed by atoms with van der Waals surface area (Å²) >= 11 is 0. The van der Waals surface area contributed by atoms with E-state index in [0.717, 1.165) is 31.4 Å². The lowest BCUT2D eigenvalue weighted by atomic mass is 9.96. The van der Waals surface area contributed by atoms with Crippen LogP contribution in [0.1, 0.15) is 30.1 Å². The van der Waals surface area contributed by atoms with Crippen LogP contribution in [-0.4, -0.2) is 36.5 Å². The fourth-order valence-electron chi connectivity index (χ4n) is 3.12. The van der Waals surface area contributed by atoms with Gasteiger partial charge < -0.3 is 15.4 Å². The lowest BCUT2D eigenvalue weighted by Gasteiger charge is -2.31. The molecule has 2 unspecified atom stereocenters. The minimum Gasteiger partial charge on any atom is -0.363 e. The number of ether oxygens (including phenoxy) is 1. The molecule has 1 aromatic carbocycles. The molecule has 2 heterocycles. The Morgan fingerprint density at radius 2 is 2.20 bits per heavy atom. The largest absolute Gasteiger partial charge is 0.363 e. The molecule has 1 fully saturated rings. The summed E-state index contributed by atoms with van der Waals surface area (Å²) in [7, 11) is 0. The molecular weight excluding hydrogens is 276 g/mol. The molecule has 1 saturated heterocycles. The Morgan fingerprint density at radius 1 is 1.40 bits per heavy atom. The van der Waals surface area contributed by atoms with Crippen molar-refractivity contribution in [2.24, 2.45) is 5.73 Å². The summed E-state index contributed by atoms with van der Waals surface area (Å²) in [4.78, 5) is 14.6. The maximum atomic E-state index is 12.7. The van der Waals surface area contributed by atoms with Crippen LogP contribution < -0.4 is 5.73 Å². The second-order valence-corrected chi connectivity index (χ2v) is 5.26. The zero-order valence-electron chi connectivity index (χ0n) is 11.5. The van der Waals surface area contributed by atoms with E-state index in [2.05, 4.69) is 6.07 Å². The van der Waals surface area contributed by atoms with Crippen LogP contribution in [-0.2, 0) is 16.0 Å². The molecule has 1 amide bonds. The normalized spacial score (nSPS) is 24.9. The predicted octanol–water partition coefficient (Wildman–Crippen LogP) is 1.67. The highest BCUT2D eigenvalue weighted by Crippen LogP contribution is 2.30. The van der Waals surface area contributed by atoms with Crippen molar-refractivity contribution in [3.05, 3.63) is 35.4 Å². The van der Waals surface area contributed by atoms with Crippen molar-refractivity contribution in [1.29, 1.82) is 0 Å². The third kappa shape index (κ3) is 2.68. The first kappa shape index (κ1) is 15.3. The van der Waals surface area contributed by atoms with Gasteiger partial charge in [0.25, 0.3) is 5.91 Å². The van der Waals surface area contributed by atoms with E-state index in [-0.39, 0.29) is 24.4 Å². The Hall–Kier alpha value is -1.10. The van der Waals surface area contributed by atoms with E-state index < -0.39 is 6.10 Å². The number of amides is 1. The number of hydrogen-bond acceptors (Lipinski definition) is 3. The molecule has 0 saturated carbocycles. The van der Waals surface area contributed by atoms with E-state index in [1.807, 2.05) is 23.1 Å². The Balaban J connectivity index is 0.00000147. The monoisotopic (exact) mass is 296 g/mol. The lowest BCUT2D eigenvalue weighted by molar-refractivity contribution is -0.145. The van der Waals surface area contributed by atoms with Gasteiger partial charge in [0.15, 0.2) is 6.10 Å². The molecule has 2 N–H and O–H groups in total. The molecule has 5 heteroatoms. The van der Waals surface area contributed by atoms with Crippen LogP contribution >= 0.6 is 12.4 Å². The second-order valence-electron chi connectivity index (χ2n) is 5.26. The number of carbonyl (C=O) groups excluding carboxylic acids is 1. The van der Waals surface area contributed by atoms with Crippen LogP contribution in [0.3, 0.4) is 0 Å². The quantitative estimate of drug-likeness (QED) is 0.903. The van der Waals surface area contributed by atoms with E-state index in [1.54, 1.807) is 0 Å². The van der Waals surface area contributed by atoms with Crippen molar-refractivity contribution in [1.82, 2.24) is 4.90 Å². The van der Waals surface area contributed by atoms with Gasteiger partial charge >= 0.3 is 0 Å². The topological polar surface area (TPSA) is 55.6 Å². The minimum absolute atomic E-state index is 0. The summed E-state index contributed by atoms with van der Waals surface area (Å²) in [6.07, 6.45) is 2.51. The number of nitrogens with two attached hydrogens (primary N) is 1. The molecule has 2 aliphatic rings. The summed E-state index contributed by atoms with van der Waals surface area (Å²) in [5, 5.41) is 0. The number of likely N-dealkylation sites (tertiary alicyclic amines) is 1. The zero-order valence-corrected chi connectivity index (χ0v) is 12.3. The summed E-state index contributed by atoms with van der Waals surface area (Å²) in [6, 6.07) is 8.26. The maximum Gasteiger partial charge on any atom is 0.256 e. The Labute approximate surface area is 125 Å². The molecule has 20 heavy (non-hydrogen) atoms. The average Bonchev–Trinajstić information content (AvgIpc) is 2.94. The summed E-state index contributed by atoms with van der Waals surface area (Å²) in [6.45, 7) is 1.97. The molecular formula is C15H21ClN2O2. The standard InChI is InChI=1S/C15H20N2O2.ClH/c16-10-12-5-3-8-17(12)15(18)14-13-6-2-1-4-11(13)7-9-19-14;/h1-2,4,6,12,14H,3,5,7-10,16H2;1H. The van der Waals surface area contributed by atoms with Gasteiger partial charge in [-0.25, -0.2) is 0 Å². The van der Waals surface area contributed by atoms with Crippen LogP contribution in [0, 0.1) is 0 Å². The number of halogens is 1. The molecule has 4 nitrogen and oxygen atoms in total. The van der Waals surface area contributed by atoms with Gasteiger partial charge in [0, 0.05) is 19.1 Å². The first-order valence-electron chi connectivity index (χ1n) is 7.01. The SMILES string of the molecule is Cl.NCC1CCCN1C(=O)C1OCCc2ccccc21. The molecule has 1 aromatic rings. The first-order chi connectivity index (χ1) is 9.31. The Kier molecular flexibility index (Phi) is 5.02. The highest BCUT2D eigenvalue weighted by atomic mass is 35.5. The van der Waals surface area contributed by atoms with Gasteiger partial charge in [0.2, 0.25) is 0 Å². The first-order valence-corrected chi connectivity index (χ1v) is 7.01. The van der Waals surface area contributed by atoms with Crippen molar-refractivity contribution < 1.29 is 9.53 Å². The summed E-state index contributed by atoms with van der Waals surface area (Å²) < 4.78 is 5.74. The Bertz CT molecular complexity index is 481. The lowest BCUT2D eigenvalue weighted by Crippen LogP contribution is -2.43. The second kappa shape index (κ2) is 6.57. The van der Waals surface area contributed by atoms with E-state index in [1.165, 1.54) is 5.56 Å². The van der Waals surface area contributed by atoms with Gasteiger partial charge in [-0.2, -0.15) is 0 Å². The molecule has 0 spiro atoms. The van der Waals surface area contributed by atoms with Crippen LogP contribution in [0.5, 0.6) is 0 Å². The van der Waals surface area contributed by atoms with Gasteiger partial charge in [-0.1, -0.05) is 24.3 Å². The molecule has 0 radical (unpaired) electrons. The fourth-order valence-corrected chi connectivity index (χ4v) is 3.12. The number of fused-ring (bicyclic) bond motifs is 1. The van der Waals surface area contributed by atoms with Crippen molar-refractivity contribution in [3.8, 4) is 0 Å². The van der Waals surface area contributed by atoms with Crippen molar-refractivity contribution >= 4 is 18.3 Å². The van der Waals surface area contributed by atoms with Gasteiger partial charge in [-0.3, -0.25) is 4.79 Å². The third-order valence-electron chi connectivity index (χ3n) is 4.15. The van der Waals surface area contributed by atoms with Crippen molar-refractivity contribution in [3.63, 3.8) is 0 Å². The van der Waals surface area contributed by atoms with Crippen molar-refractivity contribution in [2.75, 3.05) is 19.7 Å². The number of hydrogen-bond donors (Lipinski definition) is 1. The minimum atomic E-state index is -0.433. The molecule has 2 aliphatic heterocycles. The molecule has 110 valence electrons. The number of carbonyl (C=O) groups is 1. The molecule has 0 bridgehead atoms. The fraction of sp³-hybridized carbons (Fsp3) is 0.533. The van der Waals surface area contributed by atoms with Crippen molar-refractivity contribution in [2.45, 2.75) is 31.4 Å². The third-order valence-corrected chi connectivity index (χ3v) is 4.15. The van der Waals surface area contributed by atoms with Crippen LogP contribution in [0.15, 0.2) is 24.3 Å². The number of rotatable bonds is 2. The average molecular weight is 297 g/mol. The summed E-state index contributed by atoms with van der Waals surface area (Å²) in [5.74, 6) is 0.0834. The van der Waals surface area contributed by atoms with Crippen LogP contribution in [0.2, 0.25) is 0 Å². The highest BCUT2D eigenvalue weighted by Gasteiger charge is 2.35. The van der Waals surface area contributed by atoms with Crippen LogP contribution in [0.4, 0.5) is 0 Å². The van der Waals surface area contributed by atoms with E-state index in [9.17, 15) is 4.79 Å². The number of nitrogens with zero attached hydrogens (tertiary/aromatic N) is 1. The highest BCUT2D eigenvalue weighted by molar-refractivity contribution is 5.85. The molecule has 0 aromatic heterocycles. The van der Waals surface area contributed by atoms with E-state index in [0.29, 0.717) is 13.2 Å². The zero-order chi connectivity index (χ0) is 13.2. The molecule has 2 atom stereocenters. The maximum absolute atomic E-state index is 12.7. The van der Waals surface area contributed by atoms with Gasteiger partial charge in [0.1, 0.15) is 0 Å². The van der Waals surface area contributed by atoms with Gasteiger partial charge in [-0.05, 0) is 30.4 Å². The number of benzene rings is 1. The van der Waals surface area contributed by atoms with Gasteiger partial charge in [0.05, 0.1) is 6.61 Å². The van der Waals surface area contributed by atoms with E-state index in [4.69, 9.17) is 10.5 Å². The van der Waals surface area contributed by atoms with E-state index >= 15 is 0 Å².